The Morgan fingerprint density at radius 3 is 2.50 bits per heavy atom. The summed E-state index contributed by atoms with van der Waals surface area (Å²) in [4.78, 5) is 19.5. The SMILES string of the molecule is Cc1ccc2c3c([nH]c2c1)CCC1(C3)c2cc(F)cc(Cl)c2N1C(=O)c1c(Cl)cc(-n2cnnc2)cc1Cl. The second kappa shape index (κ2) is 8.30. The molecule has 3 aromatic carbocycles. The van der Waals surface area contributed by atoms with E-state index in [0.29, 0.717) is 30.6 Å². The molecule has 0 saturated carbocycles. The van der Waals surface area contributed by atoms with E-state index in [0.717, 1.165) is 33.3 Å². The Kier molecular flexibility index (Phi) is 5.18. The maximum atomic E-state index is 14.6. The molecule has 38 heavy (non-hydrogen) atoms. The molecule has 190 valence electrons. The van der Waals surface area contributed by atoms with E-state index in [1.54, 1.807) is 21.6 Å². The highest BCUT2D eigenvalue weighted by atomic mass is 35.5. The van der Waals surface area contributed by atoms with Crippen LogP contribution < -0.4 is 4.90 Å². The number of nitrogens with zero attached hydrogens (tertiary/aromatic N) is 4. The van der Waals surface area contributed by atoms with Gasteiger partial charge in [0.2, 0.25) is 0 Å². The molecule has 6 nitrogen and oxygen atoms in total. The Balaban J connectivity index is 1.38. The van der Waals surface area contributed by atoms with Crippen LogP contribution in [-0.4, -0.2) is 25.7 Å². The second-order valence-electron chi connectivity index (χ2n) is 9.92. The minimum absolute atomic E-state index is 0.163. The van der Waals surface area contributed by atoms with E-state index in [9.17, 15) is 9.18 Å². The topological polar surface area (TPSA) is 66.8 Å². The maximum Gasteiger partial charge on any atom is 0.262 e. The number of fused-ring (bicyclic) bond motifs is 5. The summed E-state index contributed by atoms with van der Waals surface area (Å²) in [5, 5.41) is 9.27. The Labute approximate surface area is 231 Å². The Hall–Kier alpha value is -3.39. The third-order valence-electron chi connectivity index (χ3n) is 7.75. The second-order valence-corrected chi connectivity index (χ2v) is 11.1. The molecule has 1 spiro atoms. The summed E-state index contributed by atoms with van der Waals surface area (Å²) in [7, 11) is 0. The van der Waals surface area contributed by atoms with Crippen molar-refractivity contribution in [2.45, 2.75) is 31.7 Å². The molecule has 1 aliphatic carbocycles. The number of hydrogen-bond acceptors (Lipinski definition) is 3. The number of carbonyl (C=O) groups is 1. The lowest BCUT2D eigenvalue weighted by atomic mass is 9.67. The fourth-order valence-corrected chi connectivity index (χ4v) is 6.99. The predicted molar refractivity (Wildman–Crippen MR) is 146 cm³/mol. The van der Waals surface area contributed by atoms with Crippen LogP contribution in [0.1, 0.15) is 39.2 Å². The zero-order valence-corrected chi connectivity index (χ0v) is 22.3. The summed E-state index contributed by atoms with van der Waals surface area (Å²) in [6, 6.07) is 12.3. The molecule has 10 heteroatoms. The molecule has 1 amide bonds. The highest BCUT2D eigenvalue weighted by Crippen LogP contribution is 2.58. The minimum Gasteiger partial charge on any atom is -0.358 e. The van der Waals surface area contributed by atoms with Crippen LogP contribution in [0.5, 0.6) is 0 Å². The van der Waals surface area contributed by atoms with E-state index in [1.807, 2.05) is 0 Å². The Morgan fingerprint density at radius 1 is 1.03 bits per heavy atom. The highest BCUT2D eigenvalue weighted by molar-refractivity contribution is 6.42. The van der Waals surface area contributed by atoms with Crippen LogP contribution in [0.15, 0.2) is 55.1 Å². The maximum absolute atomic E-state index is 14.6. The summed E-state index contributed by atoms with van der Waals surface area (Å²) in [5.74, 6) is -0.814. The predicted octanol–water partition coefficient (Wildman–Crippen LogP) is 7.20. The molecular formula is C28H19Cl3FN5O. The van der Waals surface area contributed by atoms with Crippen molar-refractivity contribution in [2.24, 2.45) is 0 Å². The van der Waals surface area contributed by atoms with E-state index >= 15 is 0 Å². The van der Waals surface area contributed by atoms with Gasteiger partial charge >= 0.3 is 0 Å². The number of rotatable bonds is 2. The molecule has 2 aliphatic rings. The molecule has 1 aliphatic heterocycles. The van der Waals surface area contributed by atoms with Gasteiger partial charge in [-0.15, -0.1) is 10.2 Å². The summed E-state index contributed by atoms with van der Waals surface area (Å²) < 4.78 is 16.3. The molecule has 0 saturated heterocycles. The standard InChI is InChI=1S/C28H19Cl3FN5O/c1-14-2-3-17-18-11-28(5-4-23(18)35-24(17)6-14)19-7-15(32)8-22(31)26(19)37(28)27(38)25-20(29)9-16(10-21(25)30)36-12-33-34-13-36/h2-3,6-10,12-13,35H,4-5,11H2,1H3. The third-order valence-corrected chi connectivity index (χ3v) is 8.63. The molecule has 1 unspecified atom stereocenters. The van der Waals surface area contributed by atoms with Crippen molar-refractivity contribution in [1.29, 1.82) is 0 Å². The molecule has 1 N–H and O–H groups in total. The minimum atomic E-state index is -0.787. The van der Waals surface area contributed by atoms with Crippen molar-refractivity contribution in [3.63, 3.8) is 0 Å². The van der Waals surface area contributed by atoms with Crippen LogP contribution >= 0.6 is 34.8 Å². The monoisotopic (exact) mass is 565 g/mol. The Bertz CT molecular complexity index is 1780. The number of carbonyl (C=O) groups excluding carboxylic acids is 1. The first-order valence-electron chi connectivity index (χ1n) is 12.0. The molecule has 3 heterocycles. The van der Waals surface area contributed by atoms with Gasteiger partial charge in [0.1, 0.15) is 18.5 Å². The average molecular weight is 567 g/mol. The molecule has 0 fully saturated rings. The van der Waals surface area contributed by atoms with Crippen molar-refractivity contribution < 1.29 is 9.18 Å². The molecule has 2 aromatic heterocycles. The average Bonchev–Trinajstić information content (AvgIpc) is 3.52. The van der Waals surface area contributed by atoms with Gasteiger partial charge in [-0.1, -0.05) is 46.9 Å². The van der Waals surface area contributed by atoms with Crippen molar-refractivity contribution in [1.82, 2.24) is 19.7 Å². The van der Waals surface area contributed by atoms with Gasteiger partial charge in [0.25, 0.3) is 5.91 Å². The first-order valence-corrected chi connectivity index (χ1v) is 13.2. The van der Waals surface area contributed by atoms with Crippen molar-refractivity contribution >= 4 is 57.3 Å². The zero-order valence-electron chi connectivity index (χ0n) is 20.0. The zero-order chi connectivity index (χ0) is 26.3. The lowest BCUT2D eigenvalue weighted by Crippen LogP contribution is -2.60. The number of benzene rings is 3. The lowest BCUT2D eigenvalue weighted by Gasteiger charge is -2.56. The number of H-pyrrole nitrogens is 1. The smallest absolute Gasteiger partial charge is 0.262 e. The molecule has 5 aromatic rings. The van der Waals surface area contributed by atoms with Crippen LogP contribution in [0.25, 0.3) is 16.6 Å². The number of nitrogens with one attached hydrogen (secondary N) is 1. The van der Waals surface area contributed by atoms with Crippen LogP contribution in [0.4, 0.5) is 10.1 Å². The van der Waals surface area contributed by atoms with E-state index in [1.165, 1.54) is 24.8 Å². The number of anilines is 1. The van der Waals surface area contributed by atoms with Gasteiger partial charge in [0.15, 0.2) is 0 Å². The van der Waals surface area contributed by atoms with E-state index < -0.39 is 11.4 Å². The van der Waals surface area contributed by atoms with Crippen LogP contribution in [0.2, 0.25) is 15.1 Å². The summed E-state index contributed by atoms with van der Waals surface area (Å²) in [5.41, 5.74) is 5.67. The largest absolute Gasteiger partial charge is 0.358 e. The third kappa shape index (κ3) is 3.28. The fourth-order valence-electron chi connectivity index (χ4n) is 6.06. The van der Waals surface area contributed by atoms with E-state index in [4.69, 9.17) is 34.8 Å². The van der Waals surface area contributed by atoms with Crippen molar-refractivity contribution in [3.05, 3.63) is 104 Å². The first kappa shape index (κ1) is 23.7. The quantitative estimate of drug-likeness (QED) is 0.246. The van der Waals surface area contributed by atoms with Gasteiger partial charge in [-0.25, -0.2) is 4.39 Å². The van der Waals surface area contributed by atoms with Gasteiger partial charge in [-0.3, -0.25) is 14.3 Å². The summed E-state index contributed by atoms with van der Waals surface area (Å²) >= 11 is 19.9. The number of aromatic nitrogens is 4. The molecule has 1 atom stereocenters. The number of halogens is 4. The van der Waals surface area contributed by atoms with Gasteiger partial charge in [-0.2, -0.15) is 0 Å². The number of aromatic amines is 1. The van der Waals surface area contributed by atoms with Gasteiger partial charge < -0.3 is 4.98 Å². The van der Waals surface area contributed by atoms with Gasteiger partial charge in [0, 0.05) is 28.6 Å². The normalized spacial score (nSPS) is 18.0. The molecule has 0 bridgehead atoms. The molecule has 7 rings (SSSR count). The Morgan fingerprint density at radius 2 is 1.76 bits per heavy atom. The molecular weight excluding hydrogens is 548 g/mol. The highest BCUT2D eigenvalue weighted by Gasteiger charge is 2.56. The number of hydrogen-bond donors (Lipinski definition) is 1. The van der Waals surface area contributed by atoms with Gasteiger partial charge in [-0.05, 0) is 61.2 Å². The van der Waals surface area contributed by atoms with Crippen LogP contribution in [0.3, 0.4) is 0 Å². The van der Waals surface area contributed by atoms with E-state index in [2.05, 4.69) is 40.3 Å². The molecule has 0 radical (unpaired) electrons. The van der Waals surface area contributed by atoms with Gasteiger partial charge in [0.05, 0.1) is 37.5 Å². The lowest BCUT2D eigenvalue weighted by molar-refractivity contribution is 0.0928. The fraction of sp³-hybridized carbons (Fsp3) is 0.179. The van der Waals surface area contributed by atoms with Crippen molar-refractivity contribution in [2.75, 3.05) is 4.90 Å². The van der Waals surface area contributed by atoms with Crippen LogP contribution in [-0.2, 0) is 18.4 Å². The van der Waals surface area contributed by atoms with Crippen LogP contribution in [0, 0.1) is 12.7 Å². The first-order chi connectivity index (χ1) is 18.3. The van der Waals surface area contributed by atoms with E-state index in [-0.39, 0.29) is 26.5 Å². The summed E-state index contributed by atoms with van der Waals surface area (Å²) in [6.07, 6.45) is 4.83. The summed E-state index contributed by atoms with van der Waals surface area (Å²) in [6.45, 7) is 2.05. The number of aryl methyl sites for hydroxylation is 2. The van der Waals surface area contributed by atoms with Crippen molar-refractivity contribution in [3.8, 4) is 5.69 Å². The number of amides is 1.